The molecule has 1 N–H and O–H groups in total. The molecule has 0 atom stereocenters. The molecule has 0 spiro atoms. The summed E-state index contributed by atoms with van der Waals surface area (Å²) in [5, 5.41) is 9.71. The van der Waals surface area contributed by atoms with Crippen LogP contribution in [0.3, 0.4) is 0 Å². The van der Waals surface area contributed by atoms with Crippen molar-refractivity contribution in [2.45, 2.75) is 32.4 Å². The summed E-state index contributed by atoms with van der Waals surface area (Å²) in [6.45, 7) is 5.55. The zero-order valence-electron chi connectivity index (χ0n) is 12.0. The fourth-order valence-electron chi connectivity index (χ4n) is 1.43. The van der Waals surface area contributed by atoms with Crippen LogP contribution in [-0.2, 0) is 11.6 Å². The van der Waals surface area contributed by atoms with E-state index >= 15 is 0 Å². The minimum Gasteiger partial charge on any atom is -0.407 e. The molecule has 1 amide bonds. The van der Waals surface area contributed by atoms with Crippen LogP contribution in [0.5, 0.6) is 0 Å². The minimum absolute atomic E-state index is 0.142. The number of amides is 1. The Balaban J connectivity index is 2.11. The lowest BCUT2D eigenvalue weighted by molar-refractivity contribution is -0.137. The minimum atomic E-state index is -4.50. The number of pyridine rings is 1. The van der Waals surface area contributed by atoms with Gasteiger partial charge in [-0.1, -0.05) is 25.9 Å². The molecular formula is C13H13F3N4O2. The van der Waals surface area contributed by atoms with Crippen LogP contribution in [0, 0.1) is 0 Å². The summed E-state index contributed by atoms with van der Waals surface area (Å²) in [6.07, 6.45) is -3.92. The summed E-state index contributed by atoms with van der Waals surface area (Å²) in [5.74, 6) is -0.416. The van der Waals surface area contributed by atoms with Crippen molar-refractivity contribution in [2.75, 3.05) is 5.32 Å². The lowest BCUT2D eigenvalue weighted by Gasteiger charge is -2.10. The van der Waals surface area contributed by atoms with Gasteiger partial charge in [-0.15, -0.1) is 5.10 Å². The van der Waals surface area contributed by atoms with Crippen molar-refractivity contribution >= 4 is 11.9 Å². The van der Waals surface area contributed by atoms with Gasteiger partial charge in [0.15, 0.2) is 0 Å². The molecule has 2 aromatic heterocycles. The van der Waals surface area contributed by atoms with E-state index in [2.05, 4.69) is 20.5 Å². The first-order valence-electron chi connectivity index (χ1n) is 6.26. The second kappa shape index (κ2) is 5.39. The average Bonchev–Trinajstić information content (AvgIpc) is 2.86. The zero-order chi connectivity index (χ0) is 16.5. The van der Waals surface area contributed by atoms with Crippen LogP contribution in [0.25, 0.3) is 0 Å². The van der Waals surface area contributed by atoms with Gasteiger partial charge in [0.05, 0.1) is 5.56 Å². The molecule has 22 heavy (non-hydrogen) atoms. The van der Waals surface area contributed by atoms with Gasteiger partial charge in [0, 0.05) is 11.6 Å². The molecule has 9 heteroatoms. The maximum atomic E-state index is 12.4. The first-order chi connectivity index (χ1) is 10.1. The van der Waals surface area contributed by atoms with Crippen molar-refractivity contribution < 1.29 is 22.4 Å². The molecule has 0 unspecified atom stereocenters. The highest BCUT2D eigenvalue weighted by Gasteiger charge is 2.31. The van der Waals surface area contributed by atoms with E-state index in [9.17, 15) is 18.0 Å². The van der Waals surface area contributed by atoms with Gasteiger partial charge >= 0.3 is 12.2 Å². The molecule has 0 aliphatic carbocycles. The third-order valence-corrected chi connectivity index (χ3v) is 2.61. The van der Waals surface area contributed by atoms with E-state index in [4.69, 9.17) is 4.42 Å². The molecule has 2 rings (SSSR count). The topological polar surface area (TPSA) is 80.9 Å². The smallest absolute Gasteiger partial charge is 0.407 e. The van der Waals surface area contributed by atoms with Crippen LogP contribution in [0.2, 0.25) is 0 Å². The van der Waals surface area contributed by atoms with Crippen LogP contribution in [-0.4, -0.2) is 21.1 Å². The molecule has 118 valence electrons. The summed E-state index contributed by atoms with van der Waals surface area (Å²) in [7, 11) is 0. The molecule has 0 aliphatic heterocycles. The predicted molar refractivity (Wildman–Crippen MR) is 70.2 cm³/mol. The van der Waals surface area contributed by atoms with Crippen LogP contribution < -0.4 is 5.32 Å². The van der Waals surface area contributed by atoms with Crippen molar-refractivity contribution in [1.29, 1.82) is 0 Å². The Morgan fingerprint density at radius 1 is 1.18 bits per heavy atom. The maximum Gasteiger partial charge on any atom is 0.417 e. The van der Waals surface area contributed by atoms with Crippen molar-refractivity contribution in [2.24, 2.45) is 0 Å². The third kappa shape index (κ3) is 3.60. The van der Waals surface area contributed by atoms with Crippen molar-refractivity contribution in [1.82, 2.24) is 15.2 Å². The van der Waals surface area contributed by atoms with Gasteiger partial charge in [0.25, 0.3) is 5.91 Å². The van der Waals surface area contributed by atoms with Gasteiger partial charge < -0.3 is 4.42 Å². The number of hydrogen-bond acceptors (Lipinski definition) is 5. The third-order valence-electron chi connectivity index (χ3n) is 2.61. The molecule has 0 saturated carbocycles. The maximum absolute atomic E-state index is 12.4. The number of carbonyl (C=O) groups excluding carboxylic acids is 1. The van der Waals surface area contributed by atoms with E-state index in [1.165, 1.54) is 0 Å². The normalized spacial score (nSPS) is 12.3. The van der Waals surface area contributed by atoms with Crippen molar-refractivity contribution in [3.63, 3.8) is 0 Å². The number of carbonyl (C=O) groups is 1. The monoisotopic (exact) mass is 314 g/mol. The molecule has 0 bridgehead atoms. The molecule has 0 aromatic carbocycles. The van der Waals surface area contributed by atoms with Gasteiger partial charge in [-0.25, -0.2) is 0 Å². The van der Waals surface area contributed by atoms with E-state index in [-0.39, 0.29) is 17.1 Å². The average molecular weight is 314 g/mol. The Hall–Kier alpha value is -2.45. The Morgan fingerprint density at radius 3 is 2.32 bits per heavy atom. The molecule has 2 aromatic rings. The van der Waals surface area contributed by atoms with Gasteiger partial charge in [0.1, 0.15) is 5.69 Å². The second-order valence-corrected chi connectivity index (χ2v) is 5.55. The predicted octanol–water partition coefficient (Wildman–Crippen LogP) is 3.03. The van der Waals surface area contributed by atoms with Gasteiger partial charge in [-0.05, 0) is 12.1 Å². The van der Waals surface area contributed by atoms with Crippen molar-refractivity contribution in [3.8, 4) is 0 Å². The Labute approximate surface area is 123 Å². The van der Waals surface area contributed by atoms with Crippen LogP contribution in [0.1, 0.15) is 42.7 Å². The standard InChI is InChI=1S/C13H13F3N4O2/c1-12(2,3)10-19-20-11(22-10)18-9(21)8-5-4-7(6-17-8)13(14,15)16/h4-6H,1-3H3,(H,18,20,21). The number of rotatable bonds is 2. The molecule has 0 radical (unpaired) electrons. The van der Waals surface area contributed by atoms with Crippen LogP contribution in [0.4, 0.5) is 19.2 Å². The van der Waals surface area contributed by atoms with Crippen LogP contribution >= 0.6 is 0 Å². The van der Waals surface area contributed by atoms with E-state index in [1.54, 1.807) is 0 Å². The number of hydrogen-bond donors (Lipinski definition) is 1. The van der Waals surface area contributed by atoms with Crippen LogP contribution in [0.15, 0.2) is 22.7 Å². The molecule has 0 aliphatic rings. The summed E-state index contributed by atoms with van der Waals surface area (Å²) in [5.41, 5.74) is -1.51. The van der Waals surface area contributed by atoms with Gasteiger partial charge in [-0.3, -0.25) is 15.1 Å². The number of anilines is 1. The highest BCUT2D eigenvalue weighted by Crippen LogP contribution is 2.28. The lowest BCUT2D eigenvalue weighted by Crippen LogP contribution is -2.15. The first-order valence-corrected chi connectivity index (χ1v) is 6.26. The molecule has 6 nitrogen and oxygen atoms in total. The highest BCUT2D eigenvalue weighted by molar-refractivity contribution is 6.01. The van der Waals surface area contributed by atoms with E-state index < -0.39 is 17.6 Å². The van der Waals surface area contributed by atoms with Crippen molar-refractivity contribution in [3.05, 3.63) is 35.5 Å². The summed E-state index contributed by atoms with van der Waals surface area (Å²) >= 11 is 0. The molecule has 0 fully saturated rings. The quantitative estimate of drug-likeness (QED) is 0.921. The second-order valence-electron chi connectivity index (χ2n) is 5.55. The summed E-state index contributed by atoms with van der Waals surface area (Å²) in [4.78, 5) is 15.3. The van der Waals surface area contributed by atoms with E-state index in [0.717, 1.165) is 12.1 Å². The zero-order valence-corrected chi connectivity index (χ0v) is 12.0. The first kappa shape index (κ1) is 15.9. The Kier molecular flexibility index (Phi) is 3.90. The Bertz CT molecular complexity index is 672. The summed E-state index contributed by atoms with van der Waals surface area (Å²) < 4.78 is 42.5. The number of aromatic nitrogens is 3. The SMILES string of the molecule is CC(C)(C)c1nnc(NC(=O)c2ccc(C(F)(F)F)cn2)o1. The summed E-state index contributed by atoms with van der Waals surface area (Å²) in [6, 6.07) is 1.60. The fraction of sp³-hybridized carbons (Fsp3) is 0.385. The number of nitrogens with zero attached hydrogens (tertiary/aromatic N) is 3. The molecule has 2 heterocycles. The number of halogens is 3. The lowest BCUT2D eigenvalue weighted by atomic mass is 9.97. The largest absolute Gasteiger partial charge is 0.417 e. The number of nitrogens with one attached hydrogen (secondary N) is 1. The van der Waals surface area contributed by atoms with E-state index in [1.807, 2.05) is 20.8 Å². The fourth-order valence-corrected chi connectivity index (χ4v) is 1.43. The number of alkyl halides is 3. The molecular weight excluding hydrogens is 301 g/mol. The highest BCUT2D eigenvalue weighted by atomic mass is 19.4. The van der Waals surface area contributed by atoms with E-state index in [0.29, 0.717) is 12.1 Å². The van der Waals surface area contributed by atoms with Gasteiger partial charge in [0.2, 0.25) is 5.89 Å². The molecule has 0 saturated heterocycles. The van der Waals surface area contributed by atoms with Gasteiger partial charge in [-0.2, -0.15) is 13.2 Å². The Morgan fingerprint density at radius 2 is 1.86 bits per heavy atom.